The molecule has 0 saturated heterocycles. The summed E-state index contributed by atoms with van der Waals surface area (Å²) >= 11 is 5.49. The molecule has 3 rings (SSSR count). The van der Waals surface area contributed by atoms with Gasteiger partial charge in [-0.05, 0) is 79.3 Å². The SMILES string of the molecule is CCOC(=O)c1ccc(N(Cc2cccnc2)C(=S)NC(=O)c2ccc(F)cc2)cc1. The summed E-state index contributed by atoms with van der Waals surface area (Å²) in [6.07, 6.45) is 3.36. The third-order valence-corrected chi connectivity index (χ3v) is 4.65. The molecule has 0 saturated carbocycles. The average molecular weight is 437 g/mol. The number of hydrogen-bond donors (Lipinski definition) is 1. The van der Waals surface area contributed by atoms with Crippen molar-refractivity contribution in [3.05, 3.63) is 95.6 Å². The van der Waals surface area contributed by atoms with Crippen LogP contribution in [0.1, 0.15) is 33.2 Å². The Kier molecular flexibility index (Phi) is 7.40. The second-order valence-electron chi connectivity index (χ2n) is 6.48. The Morgan fingerprint density at radius 2 is 1.74 bits per heavy atom. The van der Waals surface area contributed by atoms with Crippen molar-refractivity contribution in [3.8, 4) is 0 Å². The highest BCUT2D eigenvalue weighted by atomic mass is 32.1. The summed E-state index contributed by atoms with van der Waals surface area (Å²) in [4.78, 5) is 30.3. The quantitative estimate of drug-likeness (QED) is 0.462. The van der Waals surface area contributed by atoms with Gasteiger partial charge in [0.05, 0.1) is 18.7 Å². The van der Waals surface area contributed by atoms with Gasteiger partial charge in [-0.25, -0.2) is 9.18 Å². The van der Waals surface area contributed by atoms with Crippen LogP contribution in [0.15, 0.2) is 73.1 Å². The van der Waals surface area contributed by atoms with Crippen molar-refractivity contribution >= 4 is 34.9 Å². The van der Waals surface area contributed by atoms with E-state index >= 15 is 0 Å². The zero-order valence-electron chi connectivity index (χ0n) is 16.7. The van der Waals surface area contributed by atoms with Crippen molar-refractivity contribution in [2.45, 2.75) is 13.5 Å². The van der Waals surface area contributed by atoms with Gasteiger partial charge >= 0.3 is 5.97 Å². The van der Waals surface area contributed by atoms with E-state index in [2.05, 4.69) is 10.3 Å². The van der Waals surface area contributed by atoms with E-state index in [4.69, 9.17) is 17.0 Å². The van der Waals surface area contributed by atoms with Gasteiger partial charge in [0.1, 0.15) is 5.82 Å². The van der Waals surface area contributed by atoms with Crippen LogP contribution in [0, 0.1) is 5.82 Å². The van der Waals surface area contributed by atoms with Crippen molar-refractivity contribution in [3.63, 3.8) is 0 Å². The van der Waals surface area contributed by atoms with Crippen molar-refractivity contribution in [2.24, 2.45) is 0 Å². The van der Waals surface area contributed by atoms with E-state index in [1.165, 1.54) is 24.3 Å². The van der Waals surface area contributed by atoms with Crippen LogP contribution < -0.4 is 10.2 Å². The number of ether oxygens (including phenoxy) is 1. The second-order valence-corrected chi connectivity index (χ2v) is 6.87. The maximum atomic E-state index is 13.1. The predicted molar refractivity (Wildman–Crippen MR) is 119 cm³/mol. The average Bonchev–Trinajstić information content (AvgIpc) is 2.79. The van der Waals surface area contributed by atoms with Gasteiger partial charge in [0.25, 0.3) is 5.91 Å². The standard InChI is InChI=1S/C23H20FN3O3S/c1-2-30-22(29)18-7-11-20(12-8-18)27(15-16-4-3-13-25-14-16)23(31)26-21(28)17-5-9-19(24)10-6-17/h3-14H,2,15H2,1H3,(H,26,28,31). The first-order valence-corrected chi connectivity index (χ1v) is 9.93. The summed E-state index contributed by atoms with van der Waals surface area (Å²) < 4.78 is 18.1. The van der Waals surface area contributed by atoms with Crippen LogP contribution >= 0.6 is 12.2 Å². The molecule has 0 aliphatic carbocycles. The predicted octanol–water partition coefficient (Wildman–Crippen LogP) is 4.12. The van der Waals surface area contributed by atoms with Crippen molar-refractivity contribution < 1.29 is 18.7 Å². The van der Waals surface area contributed by atoms with Crippen LogP contribution in [0.5, 0.6) is 0 Å². The van der Waals surface area contributed by atoms with E-state index in [9.17, 15) is 14.0 Å². The first-order chi connectivity index (χ1) is 15.0. The van der Waals surface area contributed by atoms with Crippen LogP contribution in [-0.4, -0.2) is 28.6 Å². The Labute approximate surface area is 184 Å². The van der Waals surface area contributed by atoms with Crippen LogP contribution in [0.25, 0.3) is 0 Å². The Morgan fingerprint density at radius 1 is 1.06 bits per heavy atom. The third-order valence-electron chi connectivity index (χ3n) is 4.33. The van der Waals surface area contributed by atoms with E-state index in [1.54, 1.807) is 54.5 Å². The smallest absolute Gasteiger partial charge is 0.338 e. The lowest BCUT2D eigenvalue weighted by atomic mass is 10.2. The number of halogens is 1. The lowest BCUT2D eigenvalue weighted by Crippen LogP contribution is -2.42. The molecule has 1 amide bonds. The highest BCUT2D eigenvalue weighted by Gasteiger charge is 2.17. The topological polar surface area (TPSA) is 71.5 Å². The molecular weight excluding hydrogens is 417 g/mol. The summed E-state index contributed by atoms with van der Waals surface area (Å²) in [6, 6.07) is 15.6. The van der Waals surface area contributed by atoms with Crippen LogP contribution in [0.2, 0.25) is 0 Å². The Morgan fingerprint density at radius 3 is 2.35 bits per heavy atom. The first-order valence-electron chi connectivity index (χ1n) is 9.52. The van der Waals surface area contributed by atoms with Gasteiger partial charge in [0.2, 0.25) is 0 Å². The molecule has 2 aromatic carbocycles. The maximum Gasteiger partial charge on any atom is 0.338 e. The van der Waals surface area contributed by atoms with Crippen molar-refractivity contribution in [1.29, 1.82) is 0 Å². The molecule has 31 heavy (non-hydrogen) atoms. The molecule has 0 aliphatic rings. The number of esters is 1. The zero-order valence-corrected chi connectivity index (χ0v) is 17.6. The molecule has 1 aromatic heterocycles. The normalized spacial score (nSPS) is 10.3. The number of amides is 1. The molecule has 0 atom stereocenters. The molecule has 0 unspecified atom stereocenters. The fraction of sp³-hybridized carbons (Fsp3) is 0.130. The molecule has 0 spiro atoms. The summed E-state index contributed by atoms with van der Waals surface area (Å²) in [6.45, 7) is 2.37. The highest BCUT2D eigenvalue weighted by Crippen LogP contribution is 2.19. The third kappa shape index (κ3) is 5.93. The molecule has 8 heteroatoms. The highest BCUT2D eigenvalue weighted by molar-refractivity contribution is 7.80. The minimum absolute atomic E-state index is 0.155. The number of aromatic nitrogens is 1. The molecule has 158 valence electrons. The number of hydrogen-bond acceptors (Lipinski definition) is 5. The minimum Gasteiger partial charge on any atom is -0.462 e. The maximum absolute atomic E-state index is 13.1. The molecule has 3 aromatic rings. The van der Waals surface area contributed by atoms with Gasteiger partial charge in [0, 0.05) is 23.6 Å². The number of anilines is 1. The number of carbonyl (C=O) groups is 2. The fourth-order valence-corrected chi connectivity index (χ4v) is 3.05. The minimum atomic E-state index is -0.454. The second kappa shape index (κ2) is 10.4. The molecular formula is C23H20FN3O3S. The van der Waals surface area contributed by atoms with Crippen LogP contribution in [0.3, 0.4) is 0 Å². The van der Waals surface area contributed by atoms with Gasteiger partial charge in [-0.3, -0.25) is 15.1 Å². The van der Waals surface area contributed by atoms with Crippen LogP contribution in [-0.2, 0) is 11.3 Å². The first kappa shape index (κ1) is 22.0. The lowest BCUT2D eigenvalue weighted by molar-refractivity contribution is 0.0526. The van der Waals surface area contributed by atoms with Crippen molar-refractivity contribution in [2.75, 3.05) is 11.5 Å². The molecule has 0 bridgehead atoms. The summed E-state index contributed by atoms with van der Waals surface area (Å²) in [7, 11) is 0. The Hall–Kier alpha value is -3.65. The summed E-state index contributed by atoms with van der Waals surface area (Å²) in [5.74, 6) is -1.30. The molecule has 0 aliphatic heterocycles. The van der Waals surface area contributed by atoms with Crippen molar-refractivity contribution in [1.82, 2.24) is 10.3 Å². The van der Waals surface area contributed by atoms with E-state index in [1.807, 2.05) is 6.07 Å². The van der Waals surface area contributed by atoms with Gasteiger partial charge < -0.3 is 9.64 Å². The number of nitrogens with one attached hydrogen (secondary N) is 1. The Bertz CT molecular complexity index is 1060. The number of rotatable bonds is 6. The lowest BCUT2D eigenvalue weighted by Gasteiger charge is -2.25. The largest absolute Gasteiger partial charge is 0.462 e. The van der Waals surface area contributed by atoms with Gasteiger partial charge in [0.15, 0.2) is 5.11 Å². The molecule has 1 heterocycles. The summed E-state index contributed by atoms with van der Waals surface area (Å²) in [5.41, 5.74) is 2.23. The van der Waals surface area contributed by atoms with Gasteiger partial charge in [-0.1, -0.05) is 6.07 Å². The van der Waals surface area contributed by atoms with Crippen LogP contribution in [0.4, 0.5) is 10.1 Å². The van der Waals surface area contributed by atoms with E-state index in [0.29, 0.717) is 17.8 Å². The molecule has 0 radical (unpaired) electrons. The zero-order chi connectivity index (χ0) is 22.2. The van der Waals surface area contributed by atoms with E-state index in [0.717, 1.165) is 5.56 Å². The van der Waals surface area contributed by atoms with E-state index < -0.39 is 17.7 Å². The fourth-order valence-electron chi connectivity index (χ4n) is 2.78. The number of pyridine rings is 1. The monoisotopic (exact) mass is 437 g/mol. The van der Waals surface area contributed by atoms with Gasteiger partial charge in [-0.2, -0.15) is 0 Å². The molecule has 1 N–H and O–H groups in total. The number of carbonyl (C=O) groups excluding carboxylic acids is 2. The van der Waals surface area contributed by atoms with Gasteiger partial charge in [-0.15, -0.1) is 0 Å². The molecule has 6 nitrogen and oxygen atoms in total. The number of thiocarbonyl (C=S) groups is 1. The number of benzene rings is 2. The Balaban J connectivity index is 1.83. The summed E-state index contributed by atoms with van der Waals surface area (Å²) in [5, 5.41) is 2.83. The van der Waals surface area contributed by atoms with E-state index in [-0.39, 0.29) is 17.3 Å². The molecule has 0 fully saturated rings. The number of nitrogens with zero attached hydrogens (tertiary/aromatic N) is 2.